The maximum absolute atomic E-state index is 12.6. The zero-order valence-corrected chi connectivity index (χ0v) is 16.0. The number of rotatable bonds is 6. The second-order valence-electron chi connectivity index (χ2n) is 6.42. The van der Waals surface area contributed by atoms with Crippen molar-refractivity contribution >= 4 is 16.0 Å². The summed E-state index contributed by atoms with van der Waals surface area (Å²) in [5.41, 5.74) is 0. The van der Waals surface area contributed by atoms with E-state index in [0.29, 0.717) is 25.3 Å². The van der Waals surface area contributed by atoms with Crippen molar-refractivity contribution in [3.8, 4) is 0 Å². The van der Waals surface area contributed by atoms with Crippen molar-refractivity contribution in [3.05, 3.63) is 23.7 Å². The Labute approximate surface area is 152 Å². The van der Waals surface area contributed by atoms with Crippen molar-refractivity contribution in [3.63, 3.8) is 0 Å². The first kappa shape index (κ1) is 20.6. The van der Waals surface area contributed by atoms with Crippen LogP contribution in [0.15, 0.2) is 21.5 Å². The third-order valence-corrected chi connectivity index (χ3v) is 6.02. The fourth-order valence-electron chi connectivity index (χ4n) is 2.88. The molecule has 7 nitrogen and oxygen atoms in total. The summed E-state index contributed by atoms with van der Waals surface area (Å²) >= 11 is 0. The maximum atomic E-state index is 12.6. The van der Waals surface area contributed by atoms with Crippen molar-refractivity contribution in [2.75, 3.05) is 26.7 Å². The minimum atomic E-state index is -4.47. The van der Waals surface area contributed by atoms with E-state index in [1.54, 1.807) is 7.05 Å². The van der Waals surface area contributed by atoms with Gasteiger partial charge in [-0.25, -0.2) is 8.42 Å². The number of aryl methyl sites for hydroxylation is 1. The van der Waals surface area contributed by atoms with Crippen LogP contribution in [-0.4, -0.2) is 51.1 Å². The van der Waals surface area contributed by atoms with Crippen LogP contribution in [-0.2, 0) is 10.0 Å². The van der Waals surface area contributed by atoms with E-state index in [-0.39, 0.29) is 25.0 Å². The molecular formula is C16H26F2N4O3S. The number of nitrogens with one attached hydrogen (secondary N) is 2. The van der Waals surface area contributed by atoms with Crippen LogP contribution in [0.2, 0.25) is 0 Å². The number of piperidine rings is 1. The average Bonchev–Trinajstić information content (AvgIpc) is 3.05. The minimum Gasteiger partial charge on any atom is -0.464 e. The predicted molar refractivity (Wildman–Crippen MR) is 95.6 cm³/mol. The maximum Gasteiger partial charge on any atom is 0.350 e. The van der Waals surface area contributed by atoms with Crippen LogP contribution in [0, 0.1) is 12.8 Å². The van der Waals surface area contributed by atoms with Gasteiger partial charge >= 0.3 is 5.76 Å². The number of hydrogen-bond donors (Lipinski definition) is 2. The van der Waals surface area contributed by atoms with Gasteiger partial charge in [0.15, 0.2) is 5.96 Å². The van der Waals surface area contributed by atoms with Gasteiger partial charge in [0.2, 0.25) is 0 Å². The minimum absolute atomic E-state index is 0.0621. The van der Waals surface area contributed by atoms with Gasteiger partial charge in [0.25, 0.3) is 10.0 Å². The molecule has 0 radical (unpaired) electrons. The van der Waals surface area contributed by atoms with E-state index < -0.39 is 15.8 Å². The second-order valence-corrected chi connectivity index (χ2v) is 8.32. The van der Waals surface area contributed by atoms with Crippen molar-refractivity contribution in [1.82, 2.24) is 14.9 Å². The molecule has 2 rings (SSSR count). The van der Waals surface area contributed by atoms with Gasteiger partial charge in [0, 0.05) is 26.7 Å². The van der Waals surface area contributed by atoms with Crippen molar-refractivity contribution in [1.29, 1.82) is 0 Å². The van der Waals surface area contributed by atoms with E-state index in [4.69, 9.17) is 4.42 Å². The third kappa shape index (κ3) is 5.16. The van der Waals surface area contributed by atoms with Gasteiger partial charge in [0.1, 0.15) is 11.5 Å². The number of nitrogens with zero attached hydrogens (tertiary/aromatic N) is 2. The molecule has 1 fully saturated rings. The lowest BCUT2D eigenvalue weighted by atomic mass is 9.98. The molecule has 0 spiro atoms. The molecule has 10 heteroatoms. The molecule has 0 aliphatic carbocycles. The van der Waals surface area contributed by atoms with E-state index >= 15 is 0 Å². The standard InChI is InChI=1S/C16H26F2N4O3S/c1-11-4-5-14(25-11)12(2)21-16(19-3)20-10-13-6-8-22(9-7-13)26(23,24)15(17)18/h4-5,12-13,15H,6-10H2,1-3H3,(H2,19,20,21). The molecule has 1 saturated heterocycles. The fourth-order valence-corrected chi connectivity index (χ4v) is 3.82. The highest BCUT2D eigenvalue weighted by molar-refractivity contribution is 7.89. The van der Waals surface area contributed by atoms with Gasteiger partial charge in [-0.2, -0.15) is 13.1 Å². The molecule has 0 saturated carbocycles. The molecule has 1 unspecified atom stereocenters. The van der Waals surface area contributed by atoms with E-state index in [9.17, 15) is 17.2 Å². The summed E-state index contributed by atoms with van der Waals surface area (Å²) in [7, 11) is -2.81. The summed E-state index contributed by atoms with van der Waals surface area (Å²) in [6.07, 6.45) is 1.06. The van der Waals surface area contributed by atoms with E-state index in [1.165, 1.54) is 0 Å². The SMILES string of the molecule is CN=C(NCC1CCN(S(=O)(=O)C(F)F)CC1)NC(C)c1ccc(C)o1. The largest absolute Gasteiger partial charge is 0.464 e. The molecule has 148 valence electrons. The van der Waals surface area contributed by atoms with Crippen LogP contribution in [0.1, 0.15) is 37.3 Å². The molecule has 1 aliphatic heterocycles. The van der Waals surface area contributed by atoms with Crippen LogP contribution in [0.3, 0.4) is 0 Å². The Balaban J connectivity index is 1.79. The quantitative estimate of drug-likeness (QED) is 0.572. The molecule has 1 aliphatic rings. The molecule has 1 aromatic rings. The second kappa shape index (κ2) is 8.81. The smallest absolute Gasteiger partial charge is 0.350 e. The van der Waals surface area contributed by atoms with Crippen LogP contribution in [0.5, 0.6) is 0 Å². The van der Waals surface area contributed by atoms with Gasteiger partial charge in [0.05, 0.1) is 6.04 Å². The highest BCUT2D eigenvalue weighted by Crippen LogP contribution is 2.22. The monoisotopic (exact) mass is 392 g/mol. The normalized spacial score (nSPS) is 18.9. The summed E-state index contributed by atoms with van der Waals surface area (Å²) in [4.78, 5) is 4.17. The lowest BCUT2D eigenvalue weighted by Crippen LogP contribution is -2.45. The van der Waals surface area contributed by atoms with Gasteiger partial charge in [-0.1, -0.05) is 0 Å². The van der Waals surface area contributed by atoms with Crippen LogP contribution < -0.4 is 10.6 Å². The Bertz CT molecular complexity index is 713. The summed E-state index contributed by atoms with van der Waals surface area (Å²) in [5.74, 6) is -0.919. The summed E-state index contributed by atoms with van der Waals surface area (Å²) in [5, 5.41) is 6.43. The molecule has 2 N–H and O–H groups in total. The Kier molecular flexibility index (Phi) is 6.99. The molecule has 1 atom stereocenters. The first-order chi connectivity index (χ1) is 12.2. The Hall–Kier alpha value is -1.68. The van der Waals surface area contributed by atoms with Gasteiger partial charge in [-0.3, -0.25) is 4.99 Å². The predicted octanol–water partition coefficient (Wildman–Crippen LogP) is 2.08. The Morgan fingerprint density at radius 1 is 1.38 bits per heavy atom. The van der Waals surface area contributed by atoms with Gasteiger partial charge in [-0.05, 0) is 44.7 Å². The first-order valence-electron chi connectivity index (χ1n) is 8.54. The molecule has 0 bridgehead atoms. The number of aliphatic imine (C=N–C) groups is 1. The summed E-state index contributed by atoms with van der Waals surface area (Å²) in [6.45, 7) is 4.66. The average molecular weight is 392 g/mol. The van der Waals surface area contributed by atoms with E-state index in [2.05, 4.69) is 15.6 Å². The third-order valence-electron chi connectivity index (χ3n) is 4.48. The zero-order valence-electron chi connectivity index (χ0n) is 15.2. The zero-order chi connectivity index (χ0) is 19.3. The number of alkyl halides is 2. The number of hydrogen-bond acceptors (Lipinski definition) is 4. The topological polar surface area (TPSA) is 86.9 Å². The molecular weight excluding hydrogens is 366 g/mol. The Morgan fingerprint density at radius 3 is 2.54 bits per heavy atom. The summed E-state index contributed by atoms with van der Waals surface area (Å²) in [6, 6.07) is 3.73. The van der Waals surface area contributed by atoms with Crippen LogP contribution in [0.4, 0.5) is 8.78 Å². The van der Waals surface area contributed by atoms with Crippen LogP contribution >= 0.6 is 0 Å². The van der Waals surface area contributed by atoms with E-state index in [0.717, 1.165) is 15.8 Å². The van der Waals surface area contributed by atoms with Crippen LogP contribution in [0.25, 0.3) is 0 Å². The number of sulfonamides is 1. The molecule has 0 amide bonds. The fraction of sp³-hybridized carbons (Fsp3) is 0.688. The molecule has 26 heavy (non-hydrogen) atoms. The number of guanidine groups is 1. The number of halogens is 2. The molecule has 2 heterocycles. The van der Waals surface area contributed by atoms with Crippen molar-refractivity contribution in [2.24, 2.45) is 10.9 Å². The van der Waals surface area contributed by atoms with Gasteiger partial charge in [-0.15, -0.1) is 0 Å². The lowest BCUT2D eigenvalue weighted by Gasteiger charge is -2.31. The van der Waals surface area contributed by atoms with Gasteiger partial charge < -0.3 is 15.1 Å². The number of furan rings is 1. The van der Waals surface area contributed by atoms with Crippen molar-refractivity contribution in [2.45, 2.75) is 38.5 Å². The van der Waals surface area contributed by atoms with E-state index in [1.807, 2.05) is 26.0 Å². The van der Waals surface area contributed by atoms with Crippen molar-refractivity contribution < 1.29 is 21.6 Å². The molecule has 0 aromatic carbocycles. The summed E-state index contributed by atoms with van der Waals surface area (Å²) < 4.78 is 54.6. The Morgan fingerprint density at radius 2 is 2.04 bits per heavy atom. The first-order valence-corrected chi connectivity index (χ1v) is 10.0. The highest BCUT2D eigenvalue weighted by Gasteiger charge is 2.34. The lowest BCUT2D eigenvalue weighted by molar-refractivity contribution is 0.204. The highest BCUT2D eigenvalue weighted by atomic mass is 32.2. The molecule has 1 aromatic heterocycles.